The van der Waals surface area contributed by atoms with Crippen molar-refractivity contribution in [3.8, 4) is 0 Å². The largest absolute Gasteiger partial charge is 0.350 e. The van der Waals surface area contributed by atoms with Crippen LogP contribution in [-0.2, 0) is 26.2 Å². The zero-order chi connectivity index (χ0) is 29.0. The van der Waals surface area contributed by atoms with E-state index < -0.39 is 34.1 Å². The average molecular weight is 550 g/mol. The number of carbonyl (C=O) groups is 2. The van der Waals surface area contributed by atoms with Crippen LogP contribution in [0.15, 0.2) is 77.7 Å². The molecule has 0 radical (unpaired) electrons. The maximum absolute atomic E-state index is 14.0. The third-order valence-corrected chi connectivity index (χ3v) is 8.16. The van der Waals surface area contributed by atoms with Crippen molar-refractivity contribution in [1.82, 2.24) is 10.2 Å². The molecular weight excluding hydrogens is 510 g/mol. The van der Waals surface area contributed by atoms with Crippen molar-refractivity contribution in [1.29, 1.82) is 0 Å². The average Bonchev–Trinajstić information content (AvgIpc) is 2.86. The van der Waals surface area contributed by atoms with Gasteiger partial charge >= 0.3 is 0 Å². The van der Waals surface area contributed by atoms with Crippen LogP contribution in [0.25, 0.3) is 0 Å². The van der Waals surface area contributed by atoms with E-state index in [0.717, 1.165) is 26.6 Å². The van der Waals surface area contributed by atoms with E-state index in [1.54, 1.807) is 37.3 Å². The number of sulfonamides is 1. The van der Waals surface area contributed by atoms with Gasteiger partial charge < -0.3 is 10.2 Å². The lowest BCUT2D eigenvalue weighted by Gasteiger charge is -2.34. The lowest BCUT2D eigenvalue weighted by atomic mass is 10.1. The van der Waals surface area contributed by atoms with Gasteiger partial charge in [0.05, 0.1) is 10.6 Å². The number of aryl methyl sites for hydroxylation is 3. The quantitative estimate of drug-likeness (QED) is 0.401. The minimum atomic E-state index is -4.10. The number of hydrogen-bond acceptors (Lipinski definition) is 4. The van der Waals surface area contributed by atoms with Crippen LogP contribution in [0.2, 0.25) is 0 Å². The van der Waals surface area contributed by atoms with Crippen molar-refractivity contribution in [3.05, 3.63) is 95.1 Å². The smallest absolute Gasteiger partial charge is 0.264 e. The van der Waals surface area contributed by atoms with Gasteiger partial charge in [0.1, 0.15) is 12.6 Å². The molecule has 3 rings (SSSR count). The molecule has 1 N–H and O–H groups in total. The fourth-order valence-electron chi connectivity index (χ4n) is 4.18. The second-order valence-electron chi connectivity index (χ2n) is 11.0. The van der Waals surface area contributed by atoms with Gasteiger partial charge in [0, 0.05) is 12.1 Å². The molecule has 0 aliphatic heterocycles. The molecule has 0 aliphatic carbocycles. The summed E-state index contributed by atoms with van der Waals surface area (Å²) >= 11 is 0. The van der Waals surface area contributed by atoms with E-state index in [0.29, 0.717) is 5.69 Å². The Labute approximate surface area is 232 Å². The van der Waals surface area contributed by atoms with Gasteiger partial charge in [0.15, 0.2) is 0 Å². The summed E-state index contributed by atoms with van der Waals surface area (Å²) in [5, 5.41) is 2.94. The number of rotatable bonds is 9. The first-order valence-corrected chi connectivity index (χ1v) is 14.4. The van der Waals surface area contributed by atoms with Crippen LogP contribution in [0.1, 0.15) is 49.9 Å². The molecule has 8 heteroatoms. The number of benzene rings is 3. The van der Waals surface area contributed by atoms with Gasteiger partial charge in [-0.3, -0.25) is 13.9 Å². The Morgan fingerprint density at radius 1 is 0.872 bits per heavy atom. The molecular formula is C31H39N3O4S. The van der Waals surface area contributed by atoms with Crippen LogP contribution in [0, 0.1) is 20.8 Å². The van der Waals surface area contributed by atoms with E-state index in [-0.39, 0.29) is 17.3 Å². The molecule has 39 heavy (non-hydrogen) atoms. The molecule has 7 nitrogen and oxygen atoms in total. The van der Waals surface area contributed by atoms with Gasteiger partial charge in [-0.05, 0) is 83.4 Å². The first-order chi connectivity index (χ1) is 18.2. The van der Waals surface area contributed by atoms with Gasteiger partial charge in [-0.1, -0.05) is 60.2 Å². The molecule has 0 saturated heterocycles. The molecule has 3 aromatic carbocycles. The van der Waals surface area contributed by atoms with Gasteiger partial charge in [-0.25, -0.2) is 8.42 Å². The second-order valence-corrected chi connectivity index (χ2v) is 12.9. The Kier molecular flexibility index (Phi) is 9.22. The highest BCUT2D eigenvalue weighted by molar-refractivity contribution is 7.92. The topological polar surface area (TPSA) is 86.8 Å². The Balaban J connectivity index is 2.07. The van der Waals surface area contributed by atoms with Crippen LogP contribution in [-0.4, -0.2) is 43.3 Å². The summed E-state index contributed by atoms with van der Waals surface area (Å²) in [7, 11) is -4.10. The van der Waals surface area contributed by atoms with E-state index in [1.165, 1.54) is 4.90 Å². The number of nitrogens with zero attached hydrogens (tertiary/aromatic N) is 2. The Morgan fingerprint density at radius 3 is 2.05 bits per heavy atom. The predicted octanol–water partition coefficient (Wildman–Crippen LogP) is 5.14. The summed E-state index contributed by atoms with van der Waals surface area (Å²) < 4.78 is 29.1. The van der Waals surface area contributed by atoms with Crippen molar-refractivity contribution >= 4 is 27.5 Å². The highest BCUT2D eigenvalue weighted by Gasteiger charge is 2.33. The van der Waals surface area contributed by atoms with Crippen molar-refractivity contribution < 1.29 is 18.0 Å². The predicted molar refractivity (Wildman–Crippen MR) is 156 cm³/mol. The van der Waals surface area contributed by atoms with Gasteiger partial charge in [0.25, 0.3) is 10.0 Å². The lowest BCUT2D eigenvalue weighted by molar-refractivity contribution is -0.140. The first kappa shape index (κ1) is 29.9. The number of anilines is 1. The van der Waals surface area contributed by atoms with Gasteiger partial charge in [-0.15, -0.1) is 0 Å². The number of amides is 2. The summed E-state index contributed by atoms with van der Waals surface area (Å²) in [6.07, 6.45) is 0. The molecule has 0 bridgehead atoms. The SMILES string of the molecule is Cc1ccc(S(=O)(=O)N(CC(=O)N(Cc2ccccc2)C(C)C(=O)NC(C)(C)C)c2cc(C)ccc2C)cc1. The summed E-state index contributed by atoms with van der Waals surface area (Å²) in [4.78, 5) is 28.7. The highest BCUT2D eigenvalue weighted by atomic mass is 32.2. The molecule has 0 aromatic heterocycles. The van der Waals surface area contributed by atoms with Gasteiger partial charge in [0.2, 0.25) is 11.8 Å². The monoisotopic (exact) mass is 549 g/mol. The molecule has 0 saturated carbocycles. The molecule has 1 unspecified atom stereocenters. The van der Waals surface area contributed by atoms with Crippen molar-refractivity contribution in [2.45, 2.75) is 71.5 Å². The summed E-state index contributed by atoms with van der Waals surface area (Å²) in [5.41, 5.74) is 3.28. The second kappa shape index (κ2) is 12.0. The molecule has 1 atom stereocenters. The Hall–Kier alpha value is -3.65. The minimum absolute atomic E-state index is 0.0925. The van der Waals surface area contributed by atoms with E-state index in [1.807, 2.05) is 84.0 Å². The molecule has 0 fully saturated rings. The number of hydrogen-bond donors (Lipinski definition) is 1. The zero-order valence-corrected chi connectivity index (χ0v) is 24.7. The lowest BCUT2D eigenvalue weighted by Crippen LogP contribution is -2.54. The molecule has 0 heterocycles. The van der Waals surface area contributed by atoms with Gasteiger partial charge in [-0.2, -0.15) is 0 Å². The fourth-order valence-corrected chi connectivity index (χ4v) is 5.65. The normalized spacial score (nSPS) is 12.5. The van der Waals surface area contributed by atoms with E-state index >= 15 is 0 Å². The Morgan fingerprint density at radius 2 is 1.46 bits per heavy atom. The summed E-state index contributed by atoms with van der Waals surface area (Å²) in [6, 6.07) is 20.6. The molecule has 208 valence electrons. The standard InChI is InChI=1S/C31H39N3O4S/c1-22-14-17-27(18-15-22)39(37,38)34(28-19-23(2)13-16-24(28)3)21-29(35)33(20-26-11-9-8-10-12-26)25(4)30(36)32-31(5,6)7/h8-19,25H,20-21H2,1-7H3,(H,32,36). The maximum atomic E-state index is 14.0. The van der Waals surface area contributed by atoms with Crippen molar-refractivity contribution in [2.75, 3.05) is 10.8 Å². The zero-order valence-electron chi connectivity index (χ0n) is 23.9. The van der Waals surface area contributed by atoms with E-state index in [2.05, 4.69) is 5.32 Å². The molecule has 3 aromatic rings. The van der Waals surface area contributed by atoms with Crippen LogP contribution >= 0.6 is 0 Å². The highest BCUT2D eigenvalue weighted by Crippen LogP contribution is 2.28. The molecule has 0 aliphatic rings. The third-order valence-electron chi connectivity index (χ3n) is 6.38. The van der Waals surface area contributed by atoms with Crippen LogP contribution < -0.4 is 9.62 Å². The maximum Gasteiger partial charge on any atom is 0.264 e. The molecule has 2 amide bonds. The minimum Gasteiger partial charge on any atom is -0.350 e. The Bertz CT molecular complexity index is 1410. The van der Waals surface area contributed by atoms with Crippen LogP contribution in [0.5, 0.6) is 0 Å². The first-order valence-electron chi connectivity index (χ1n) is 13.0. The van der Waals surface area contributed by atoms with Crippen LogP contribution in [0.4, 0.5) is 5.69 Å². The summed E-state index contributed by atoms with van der Waals surface area (Å²) in [5.74, 6) is -0.793. The molecule has 0 spiro atoms. The fraction of sp³-hybridized carbons (Fsp3) is 0.355. The summed E-state index contributed by atoms with van der Waals surface area (Å²) in [6.45, 7) is 12.6. The van der Waals surface area contributed by atoms with Crippen LogP contribution in [0.3, 0.4) is 0 Å². The van der Waals surface area contributed by atoms with E-state index in [9.17, 15) is 18.0 Å². The third kappa shape index (κ3) is 7.69. The van der Waals surface area contributed by atoms with Crippen molar-refractivity contribution in [3.63, 3.8) is 0 Å². The van der Waals surface area contributed by atoms with Crippen molar-refractivity contribution in [2.24, 2.45) is 0 Å². The number of nitrogens with one attached hydrogen (secondary N) is 1. The number of carbonyl (C=O) groups excluding carboxylic acids is 2. The van der Waals surface area contributed by atoms with E-state index in [4.69, 9.17) is 0 Å².